The van der Waals surface area contributed by atoms with Gasteiger partial charge in [-0.2, -0.15) is 0 Å². The van der Waals surface area contributed by atoms with Gasteiger partial charge in [0.2, 0.25) is 5.56 Å². The Balaban J connectivity index is 1.64. The maximum Gasteiger partial charge on any atom is 0.254 e. The quantitative estimate of drug-likeness (QED) is 0.238. The van der Waals surface area contributed by atoms with Crippen molar-refractivity contribution in [2.45, 2.75) is 50.2 Å². The molecule has 1 saturated carbocycles. The molecule has 0 saturated heterocycles. The zero-order valence-electron chi connectivity index (χ0n) is 20.4. The minimum Gasteiger partial charge on any atom is -0.411 e. The van der Waals surface area contributed by atoms with Crippen LogP contribution in [-0.2, 0) is 7.05 Å². The number of aromatic nitrogens is 1. The molecule has 0 bridgehead atoms. The van der Waals surface area contributed by atoms with Crippen LogP contribution in [0.3, 0.4) is 0 Å². The van der Waals surface area contributed by atoms with E-state index in [1.807, 2.05) is 12.1 Å². The molecule has 1 aliphatic carbocycles. The smallest absolute Gasteiger partial charge is 0.254 e. The fourth-order valence-corrected chi connectivity index (χ4v) is 5.02. The number of rotatable bonds is 7. The lowest BCUT2D eigenvalue weighted by Gasteiger charge is -2.26. The largest absolute Gasteiger partial charge is 0.411 e. The average molecular weight is 526 g/mol. The van der Waals surface area contributed by atoms with Gasteiger partial charge < -0.3 is 20.2 Å². The molecule has 1 unspecified atom stereocenters. The number of hydrogen-bond acceptors (Lipinski definition) is 5. The van der Waals surface area contributed by atoms with Crippen molar-refractivity contribution in [2.24, 2.45) is 12.2 Å². The van der Waals surface area contributed by atoms with Crippen molar-refractivity contribution in [3.8, 4) is 0 Å². The molecule has 0 spiro atoms. The van der Waals surface area contributed by atoms with Gasteiger partial charge in [-0.25, -0.2) is 4.39 Å². The monoisotopic (exact) mass is 525 g/mol. The number of aryl methyl sites for hydroxylation is 1. The number of nitrogens with one attached hydrogen (secondary N) is 1. The third kappa shape index (κ3) is 6.26. The van der Waals surface area contributed by atoms with Gasteiger partial charge >= 0.3 is 0 Å². The van der Waals surface area contributed by atoms with Crippen molar-refractivity contribution >= 4 is 23.2 Å². The third-order valence-electron chi connectivity index (χ3n) is 6.89. The number of halogens is 2. The molecule has 1 atom stereocenters. The molecule has 3 aromatic rings. The van der Waals surface area contributed by atoms with Crippen LogP contribution in [-0.4, -0.2) is 38.6 Å². The van der Waals surface area contributed by atoms with E-state index in [0.717, 1.165) is 0 Å². The Morgan fingerprint density at radius 3 is 2.54 bits per heavy atom. The summed E-state index contributed by atoms with van der Waals surface area (Å²) in [6.07, 6.45) is 3.89. The van der Waals surface area contributed by atoms with Crippen molar-refractivity contribution < 1.29 is 19.5 Å². The van der Waals surface area contributed by atoms with Gasteiger partial charge in [0.25, 0.3) is 5.91 Å². The summed E-state index contributed by atoms with van der Waals surface area (Å²) < 4.78 is 16.7. The highest BCUT2D eigenvalue weighted by molar-refractivity contribution is 6.31. The Labute approximate surface area is 219 Å². The summed E-state index contributed by atoms with van der Waals surface area (Å²) in [6.45, 7) is 0. The summed E-state index contributed by atoms with van der Waals surface area (Å²) in [7, 11) is 1.60. The number of carbonyl (C=O) groups is 1. The Bertz CT molecular complexity index is 1370. The Morgan fingerprint density at radius 1 is 1.16 bits per heavy atom. The molecular formula is C28H29ClFN3O4. The summed E-state index contributed by atoms with van der Waals surface area (Å²) in [5.74, 6) is -1.67. The lowest BCUT2D eigenvalue weighted by atomic mass is 9.85. The van der Waals surface area contributed by atoms with Crippen molar-refractivity contribution in [3.05, 3.63) is 104 Å². The SMILES string of the molecule is Cn1cc(C(CC(c2ccc(C(=O)NC3CCC(O)CC3)c(F)c2)c2ccccc2Cl)=NO)ccc1=O. The number of oxime groups is 1. The predicted molar refractivity (Wildman–Crippen MR) is 140 cm³/mol. The second kappa shape index (κ2) is 11.7. The van der Waals surface area contributed by atoms with Crippen molar-refractivity contribution in [2.75, 3.05) is 0 Å². The van der Waals surface area contributed by atoms with Gasteiger partial charge in [-0.05, 0) is 61.1 Å². The number of benzene rings is 2. The van der Waals surface area contributed by atoms with E-state index in [-0.39, 0.29) is 29.7 Å². The lowest BCUT2D eigenvalue weighted by Crippen LogP contribution is -2.38. The van der Waals surface area contributed by atoms with Gasteiger partial charge in [-0.3, -0.25) is 9.59 Å². The van der Waals surface area contributed by atoms with Crippen molar-refractivity contribution in [1.82, 2.24) is 9.88 Å². The molecule has 0 aliphatic heterocycles. The molecule has 37 heavy (non-hydrogen) atoms. The first kappa shape index (κ1) is 26.6. The van der Waals surface area contributed by atoms with Gasteiger partial charge in [0.15, 0.2) is 0 Å². The highest BCUT2D eigenvalue weighted by Crippen LogP contribution is 2.35. The van der Waals surface area contributed by atoms with Crippen LogP contribution in [0.2, 0.25) is 5.02 Å². The minimum atomic E-state index is -0.674. The first-order valence-corrected chi connectivity index (χ1v) is 12.6. The number of aliphatic hydroxyl groups is 1. The zero-order chi connectivity index (χ0) is 26.5. The lowest BCUT2D eigenvalue weighted by molar-refractivity contribution is 0.0864. The molecule has 9 heteroatoms. The second-order valence-corrected chi connectivity index (χ2v) is 9.82. The van der Waals surface area contributed by atoms with Gasteiger partial charge in [0, 0.05) is 48.3 Å². The zero-order valence-corrected chi connectivity index (χ0v) is 21.2. The third-order valence-corrected chi connectivity index (χ3v) is 7.23. The molecule has 2 aromatic carbocycles. The number of nitrogens with zero attached hydrogens (tertiary/aromatic N) is 2. The maximum atomic E-state index is 15.3. The standard InChI is InChI=1S/C28H29ClFN3O4/c1-33-16-18(7-13-27(33)35)26(32-37)15-23(21-4-2-3-5-24(21)29)17-6-12-22(25(30)14-17)28(36)31-19-8-10-20(34)11-9-19/h2-7,12-14,16,19-20,23,34,37H,8-11,15H2,1H3,(H,31,36). The molecule has 1 aromatic heterocycles. The molecule has 1 fully saturated rings. The molecule has 3 N–H and O–H groups in total. The summed E-state index contributed by atoms with van der Waals surface area (Å²) in [4.78, 5) is 24.6. The molecule has 1 aliphatic rings. The van der Waals surface area contributed by atoms with Gasteiger partial charge in [-0.1, -0.05) is 41.0 Å². The fourth-order valence-electron chi connectivity index (χ4n) is 4.75. The Morgan fingerprint density at radius 2 is 1.89 bits per heavy atom. The number of aliphatic hydroxyl groups excluding tert-OH is 1. The molecule has 4 rings (SSSR count). The van der Waals surface area contributed by atoms with Crippen LogP contribution < -0.4 is 10.9 Å². The average Bonchev–Trinajstić information content (AvgIpc) is 2.88. The van der Waals surface area contributed by atoms with Crippen molar-refractivity contribution in [1.29, 1.82) is 0 Å². The maximum absolute atomic E-state index is 15.3. The molecule has 1 amide bonds. The van der Waals surface area contributed by atoms with E-state index >= 15 is 4.39 Å². The van der Waals surface area contributed by atoms with Crippen LogP contribution in [0, 0.1) is 5.82 Å². The van der Waals surface area contributed by atoms with Crippen LogP contribution in [0.5, 0.6) is 0 Å². The topological polar surface area (TPSA) is 104 Å². The van der Waals surface area contributed by atoms with Gasteiger partial charge in [0.05, 0.1) is 17.4 Å². The normalized spacial score (nSPS) is 18.9. The number of pyridine rings is 1. The van der Waals surface area contributed by atoms with E-state index in [9.17, 15) is 19.9 Å². The van der Waals surface area contributed by atoms with E-state index in [1.54, 1.807) is 37.5 Å². The highest BCUT2D eigenvalue weighted by Gasteiger charge is 2.25. The minimum absolute atomic E-state index is 0.0677. The highest BCUT2D eigenvalue weighted by atomic mass is 35.5. The summed E-state index contributed by atoms with van der Waals surface area (Å²) in [6, 6.07) is 14.4. The van der Waals surface area contributed by atoms with Gasteiger partial charge in [0.1, 0.15) is 5.82 Å². The van der Waals surface area contributed by atoms with E-state index in [4.69, 9.17) is 11.6 Å². The number of hydrogen-bond donors (Lipinski definition) is 3. The fraction of sp³-hybridized carbons (Fsp3) is 0.321. The molecular weight excluding hydrogens is 497 g/mol. The van der Waals surface area contributed by atoms with Crippen LogP contribution in [0.1, 0.15) is 65.1 Å². The Kier molecular flexibility index (Phi) is 8.41. The van der Waals surface area contributed by atoms with Crippen LogP contribution in [0.4, 0.5) is 4.39 Å². The van der Waals surface area contributed by atoms with Crippen LogP contribution in [0.15, 0.2) is 70.7 Å². The van der Waals surface area contributed by atoms with Crippen LogP contribution in [0.25, 0.3) is 0 Å². The van der Waals surface area contributed by atoms with E-state index in [2.05, 4.69) is 10.5 Å². The predicted octanol–water partition coefficient (Wildman–Crippen LogP) is 4.61. The second-order valence-electron chi connectivity index (χ2n) is 9.41. The van der Waals surface area contributed by atoms with E-state index in [0.29, 0.717) is 53.1 Å². The summed E-state index contributed by atoms with van der Waals surface area (Å²) >= 11 is 6.50. The van der Waals surface area contributed by atoms with Gasteiger partial charge in [-0.15, -0.1) is 0 Å². The Hall–Kier alpha value is -3.49. The molecule has 194 valence electrons. The first-order chi connectivity index (χ1) is 17.8. The number of amides is 1. The van der Waals surface area contributed by atoms with E-state index < -0.39 is 17.6 Å². The van der Waals surface area contributed by atoms with Crippen LogP contribution >= 0.6 is 11.6 Å². The molecule has 1 heterocycles. The summed E-state index contributed by atoms with van der Waals surface area (Å²) in [5, 5.41) is 26.3. The first-order valence-electron chi connectivity index (χ1n) is 12.2. The van der Waals surface area contributed by atoms with E-state index in [1.165, 1.54) is 22.8 Å². The summed E-state index contributed by atoms with van der Waals surface area (Å²) in [5.41, 5.74) is 1.81. The molecule has 0 radical (unpaired) electrons. The molecule has 7 nitrogen and oxygen atoms in total. The number of carbonyl (C=O) groups excluding carboxylic acids is 1. The van der Waals surface area contributed by atoms with Crippen molar-refractivity contribution in [3.63, 3.8) is 0 Å².